The number of benzene rings is 2. The number of ketones is 1. The molecule has 2 heteroatoms. The highest BCUT2D eigenvalue weighted by Gasteiger charge is 2.10. The van der Waals surface area contributed by atoms with Crippen molar-refractivity contribution < 1.29 is 4.79 Å². The molecule has 1 N–H and O–H groups in total. The Labute approximate surface area is 125 Å². The van der Waals surface area contributed by atoms with Gasteiger partial charge >= 0.3 is 0 Å². The number of nitrogens with one attached hydrogen (secondary N) is 1. The standard InChI is InChI=1S/C19H19NO/c1-2-9-18(19(21)17-12-7-4-8-13-17)15-20-14-16-10-5-3-6-11-16/h2-8,10-13,15,20H,1,9,14H2. The first-order valence-corrected chi connectivity index (χ1v) is 6.98. The van der Waals surface area contributed by atoms with Crippen molar-refractivity contribution in [1.29, 1.82) is 0 Å². The molecule has 0 aliphatic rings. The lowest BCUT2D eigenvalue weighted by Crippen LogP contribution is -2.10. The van der Waals surface area contributed by atoms with Crippen molar-refractivity contribution >= 4 is 5.78 Å². The van der Waals surface area contributed by atoms with Gasteiger partial charge in [-0.3, -0.25) is 4.79 Å². The summed E-state index contributed by atoms with van der Waals surface area (Å²) in [5, 5.41) is 3.21. The molecule has 0 spiro atoms. The molecule has 106 valence electrons. The van der Waals surface area contributed by atoms with Crippen molar-refractivity contribution in [2.45, 2.75) is 13.0 Å². The second kappa shape index (κ2) is 7.85. The average Bonchev–Trinajstić information content (AvgIpc) is 2.55. The van der Waals surface area contributed by atoms with Gasteiger partial charge in [-0.1, -0.05) is 66.7 Å². The zero-order valence-electron chi connectivity index (χ0n) is 12.0. The van der Waals surface area contributed by atoms with Crippen LogP contribution in [-0.4, -0.2) is 5.78 Å². The van der Waals surface area contributed by atoms with Crippen molar-refractivity contribution in [3.8, 4) is 0 Å². The molecule has 0 aliphatic heterocycles. The Bertz CT molecular complexity index is 615. The molecule has 0 aromatic heterocycles. The minimum absolute atomic E-state index is 0.0380. The van der Waals surface area contributed by atoms with Crippen LogP contribution in [0.1, 0.15) is 22.3 Å². The van der Waals surface area contributed by atoms with Crippen molar-refractivity contribution in [1.82, 2.24) is 5.32 Å². The quantitative estimate of drug-likeness (QED) is 0.468. The molecular weight excluding hydrogens is 258 g/mol. The first-order chi connectivity index (χ1) is 10.3. The lowest BCUT2D eigenvalue weighted by atomic mass is 10.0. The molecule has 0 amide bonds. The summed E-state index contributed by atoms with van der Waals surface area (Å²) in [6.07, 6.45) is 4.09. The highest BCUT2D eigenvalue weighted by molar-refractivity contribution is 6.08. The van der Waals surface area contributed by atoms with E-state index in [9.17, 15) is 4.79 Å². The number of hydrogen-bond acceptors (Lipinski definition) is 2. The van der Waals surface area contributed by atoms with Crippen LogP contribution in [-0.2, 0) is 6.54 Å². The Hall–Kier alpha value is -2.61. The smallest absolute Gasteiger partial charge is 0.190 e. The molecule has 0 fully saturated rings. The minimum Gasteiger partial charge on any atom is -0.386 e. The van der Waals surface area contributed by atoms with Crippen LogP contribution in [0, 0.1) is 0 Å². The molecule has 0 saturated heterocycles. The highest BCUT2D eigenvalue weighted by Crippen LogP contribution is 2.11. The summed E-state index contributed by atoms with van der Waals surface area (Å²) >= 11 is 0. The fourth-order valence-electron chi connectivity index (χ4n) is 2.04. The molecule has 2 aromatic carbocycles. The lowest BCUT2D eigenvalue weighted by Gasteiger charge is -2.07. The van der Waals surface area contributed by atoms with Gasteiger partial charge in [0.1, 0.15) is 0 Å². The maximum Gasteiger partial charge on any atom is 0.190 e. The van der Waals surface area contributed by atoms with Gasteiger partial charge in [-0.15, -0.1) is 6.58 Å². The number of hydrogen-bond donors (Lipinski definition) is 1. The normalized spacial score (nSPS) is 11.0. The molecule has 0 atom stereocenters. The van der Waals surface area contributed by atoms with E-state index >= 15 is 0 Å². The number of Topliss-reactive ketones (excluding diaryl/α,β-unsaturated/α-hetero) is 1. The van der Waals surface area contributed by atoms with Crippen molar-refractivity contribution in [2.75, 3.05) is 0 Å². The molecule has 0 unspecified atom stereocenters. The van der Waals surface area contributed by atoms with Gasteiger partial charge in [0.15, 0.2) is 5.78 Å². The zero-order chi connectivity index (χ0) is 14.9. The van der Waals surface area contributed by atoms with Gasteiger partial charge in [0.25, 0.3) is 0 Å². The van der Waals surface area contributed by atoms with E-state index in [1.165, 1.54) is 5.56 Å². The number of rotatable bonds is 7. The van der Waals surface area contributed by atoms with E-state index < -0.39 is 0 Å². The predicted molar refractivity (Wildman–Crippen MR) is 87.0 cm³/mol. The van der Waals surface area contributed by atoms with Gasteiger partial charge in [-0.2, -0.15) is 0 Å². The molecule has 21 heavy (non-hydrogen) atoms. The topological polar surface area (TPSA) is 29.1 Å². The Morgan fingerprint density at radius 3 is 2.24 bits per heavy atom. The first-order valence-electron chi connectivity index (χ1n) is 6.98. The number of allylic oxidation sites excluding steroid dienone is 2. The monoisotopic (exact) mass is 277 g/mol. The van der Waals surface area contributed by atoms with E-state index in [1.54, 1.807) is 12.3 Å². The Balaban J connectivity index is 2.06. The number of carbonyl (C=O) groups excluding carboxylic acids is 1. The fourth-order valence-corrected chi connectivity index (χ4v) is 2.04. The molecule has 0 bridgehead atoms. The van der Waals surface area contributed by atoms with Crippen LogP contribution in [0.2, 0.25) is 0 Å². The summed E-state index contributed by atoms with van der Waals surface area (Å²) in [5.74, 6) is 0.0380. The Kier molecular flexibility index (Phi) is 5.53. The van der Waals surface area contributed by atoms with Gasteiger partial charge in [-0.05, 0) is 12.0 Å². The molecule has 0 saturated carbocycles. The average molecular weight is 277 g/mol. The van der Waals surface area contributed by atoms with E-state index in [0.717, 1.165) is 0 Å². The Morgan fingerprint density at radius 2 is 1.62 bits per heavy atom. The summed E-state index contributed by atoms with van der Waals surface area (Å²) < 4.78 is 0. The molecule has 2 rings (SSSR count). The minimum atomic E-state index is 0.0380. The van der Waals surface area contributed by atoms with Gasteiger partial charge in [-0.25, -0.2) is 0 Å². The SMILES string of the molecule is C=CCC(=CNCc1ccccc1)C(=O)c1ccccc1. The van der Waals surface area contributed by atoms with E-state index in [1.807, 2.05) is 60.7 Å². The molecule has 2 nitrogen and oxygen atoms in total. The first kappa shape index (κ1) is 14.8. The van der Waals surface area contributed by atoms with Gasteiger partial charge in [0.2, 0.25) is 0 Å². The van der Waals surface area contributed by atoms with Crippen molar-refractivity contribution in [3.63, 3.8) is 0 Å². The maximum absolute atomic E-state index is 12.4. The van der Waals surface area contributed by atoms with E-state index in [-0.39, 0.29) is 5.78 Å². The summed E-state index contributed by atoms with van der Waals surface area (Å²) in [4.78, 5) is 12.4. The van der Waals surface area contributed by atoms with E-state index in [4.69, 9.17) is 0 Å². The highest BCUT2D eigenvalue weighted by atomic mass is 16.1. The molecular formula is C19H19NO. The molecule has 2 aromatic rings. The summed E-state index contributed by atoms with van der Waals surface area (Å²) in [7, 11) is 0. The van der Waals surface area contributed by atoms with Crippen LogP contribution < -0.4 is 5.32 Å². The Morgan fingerprint density at radius 1 is 1.00 bits per heavy atom. The van der Waals surface area contributed by atoms with Crippen LogP contribution in [0.3, 0.4) is 0 Å². The predicted octanol–water partition coefficient (Wildman–Crippen LogP) is 4.12. The molecule has 0 radical (unpaired) electrons. The summed E-state index contributed by atoms with van der Waals surface area (Å²) in [6.45, 7) is 4.42. The molecule has 0 aliphatic carbocycles. The van der Waals surface area contributed by atoms with E-state index in [0.29, 0.717) is 24.1 Å². The third kappa shape index (κ3) is 4.46. The lowest BCUT2D eigenvalue weighted by molar-refractivity contribution is 0.103. The largest absolute Gasteiger partial charge is 0.386 e. The second-order valence-electron chi connectivity index (χ2n) is 4.72. The van der Waals surface area contributed by atoms with Crippen LogP contribution in [0.4, 0.5) is 0 Å². The van der Waals surface area contributed by atoms with E-state index in [2.05, 4.69) is 11.9 Å². The van der Waals surface area contributed by atoms with Crippen molar-refractivity contribution in [3.05, 3.63) is 96.2 Å². The summed E-state index contributed by atoms with van der Waals surface area (Å²) in [6, 6.07) is 19.4. The van der Waals surface area contributed by atoms with Crippen LogP contribution in [0.5, 0.6) is 0 Å². The zero-order valence-corrected chi connectivity index (χ0v) is 12.0. The third-order valence-electron chi connectivity index (χ3n) is 3.12. The second-order valence-corrected chi connectivity index (χ2v) is 4.72. The molecule has 0 heterocycles. The van der Waals surface area contributed by atoms with Crippen molar-refractivity contribution in [2.24, 2.45) is 0 Å². The van der Waals surface area contributed by atoms with Gasteiger partial charge in [0, 0.05) is 23.9 Å². The number of carbonyl (C=O) groups is 1. The van der Waals surface area contributed by atoms with Crippen LogP contribution >= 0.6 is 0 Å². The third-order valence-corrected chi connectivity index (χ3v) is 3.12. The maximum atomic E-state index is 12.4. The van der Waals surface area contributed by atoms with Gasteiger partial charge in [0.05, 0.1) is 0 Å². The van der Waals surface area contributed by atoms with Gasteiger partial charge < -0.3 is 5.32 Å². The summed E-state index contributed by atoms with van der Waals surface area (Å²) in [5.41, 5.74) is 2.60. The van der Waals surface area contributed by atoms with Crippen LogP contribution in [0.25, 0.3) is 0 Å². The van der Waals surface area contributed by atoms with Crippen LogP contribution in [0.15, 0.2) is 85.1 Å². The fraction of sp³-hybridized carbons (Fsp3) is 0.105.